The molecule has 0 aromatic carbocycles. The normalized spacial score (nSPS) is 20.1. The Morgan fingerprint density at radius 1 is 1.31 bits per heavy atom. The summed E-state index contributed by atoms with van der Waals surface area (Å²) in [4.78, 5) is 4.05. The zero-order valence-electron chi connectivity index (χ0n) is 10.3. The smallest absolute Gasteiger partial charge is 0.0295 e. The van der Waals surface area contributed by atoms with Crippen molar-refractivity contribution in [2.75, 3.05) is 0 Å². The number of aromatic nitrogens is 1. The summed E-state index contributed by atoms with van der Waals surface area (Å²) in [7, 11) is 0. The summed E-state index contributed by atoms with van der Waals surface area (Å²) in [6.45, 7) is 4.53. The standard InChI is InChI=1S/C14H22N2/c1-11(10-13-4-3-5-13)16-12(2)14-6-8-15-9-7-14/h6-9,11-13,16H,3-5,10H2,1-2H3/t11?,12-/m0/s1. The monoisotopic (exact) mass is 218 g/mol. The molecule has 0 saturated heterocycles. The summed E-state index contributed by atoms with van der Waals surface area (Å²) < 4.78 is 0. The van der Waals surface area contributed by atoms with Gasteiger partial charge in [0.2, 0.25) is 0 Å². The summed E-state index contributed by atoms with van der Waals surface area (Å²) in [6.07, 6.45) is 9.38. The van der Waals surface area contributed by atoms with Crippen molar-refractivity contribution in [3.63, 3.8) is 0 Å². The molecule has 0 radical (unpaired) electrons. The molecule has 2 heteroatoms. The van der Waals surface area contributed by atoms with E-state index in [9.17, 15) is 0 Å². The molecule has 1 unspecified atom stereocenters. The first-order valence-electron chi connectivity index (χ1n) is 6.41. The number of hydrogen-bond acceptors (Lipinski definition) is 2. The van der Waals surface area contributed by atoms with Gasteiger partial charge in [0.15, 0.2) is 0 Å². The average molecular weight is 218 g/mol. The predicted octanol–water partition coefficient (Wildman–Crippen LogP) is 3.31. The van der Waals surface area contributed by atoms with Crippen LogP contribution in [0.25, 0.3) is 0 Å². The SMILES string of the molecule is CC(CC1CCC1)N[C@@H](C)c1ccncc1. The van der Waals surface area contributed by atoms with E-state index in [4.69, 9.17) is 0 Å². The largest absolute Gasteiger partial charge is 0.308 e. The van der Waals surface area contributed by atoms with Gasteiger partial charge in [0.05, 0.1) is 0 Å². The molecule has 2 nitrogen and oxygen atoms in total. The van der Waals surface area contributed by atoms with Gasteiger partial charge in [-0.1, -0.05) is 19.3 Å². The van der Waals surface area contributed by atoms with Crippen molar-refractivity contribution in [3.8, 4) is 0 Å². The maximum Gasteiger partial charge on any atom is 0.0295 e. The Hall–Kier alpha value is -0.890. The van der Waals surface area contributed by atoms with Gasteiger partial charge < -0.3 is 5.32 Å². The van der Waals surface area contributed by atoms with Gasteiger partial charge in [-0.3, -0.25) is 4.98 Å². The van der Waals surface area contributed by atoms with Crippen LogP contribution in [0, 0.1) is 5.92 Å². The maximum absolute atomic E-state index is 4.05. The summed E-state index contributed by atoms with van der Waals surface area (Å²) >= 11 is 0. The highest BCUT2D eigenvalue weighted by Gasteiger charge is 2.20. The molecule has 0 aliphatic heterocycles. The fourth-order valence-electron chi connectivity index (χ4n) is 2.47. The number of rotatable bonds is 5. The molecule has 1 saturated carbocycles. The van der Waals surface area contributed by atoms with E-state index in [0.29, 0.717) is 12.1 Å². The van der Waals surface area contributed by atoms with Crippen LogP contribution < -0.4 is 5.32 Å². The fraction of sp³-hybridized carbons (Fsp3) is 0.643. The van der Waals surface area contributed by atoms with Crippen molar-refractivity contribution < 1.29 is 0 Å². The first kappa shape index (κ1) is 11.6. The lowest BCUT2D eigenvalue weighted by atomic mass is 9.81. The van der Waals surface area contributed by atoms with Crippen LogP contribution in [0.1, 0.15) is 51.1 Å². The molecular formula is C14H22N2. The Balaban J connectivity index is 1.79. The molecule has 2 atom stereocenters. The molecule has 1 N–H and O–H groups in total. The summed E-state index contributed by atoms with van der Waals surface area (Å²) in [5.74, 6) is 0.979. The molecule has 0 spiro atoms. The van der Waals surface area contributed by atoms with Crippen molar-refractivity contribution in [1.82, 2.24) is 10.3 Å². The second-order valence-corrected chi connectivity index (χ2v) is 5.10. The van der Waals surface area contributed by atoms with Crippen molar-refractivity contribution >= 4 is 0 Å². The van der Waals surface area contributed by atoms with E-state index in [1.807, 2.05) is 12.4 Å². The lowest BCUT2D eigenvalue weighted by molar-refractivity contribution is 0.259. The van der Waals surface area contributed by atoms with Crippen molar-refractivity contribution in [2.24, 2.45) is 5.92 Å². The molecule has 1 aromatic rings. The third-order valence-corrected chi connectivity index (χ3v) is 3.65. The van der Waals surface area contributed by atoms with E-state index in [1.165, 1.54) is 31.2 Å². The molecule has 1 aromatic heterocycles. The molecule has 2 rings (SSSR count). The third kappa shape index (κ3) is 3.05. The van der Waals surface area contributed by atoms with Gasteiger partial charge in [0.1, 0.15) is 0 Å². The first-order chi connectivity index (χ1) is 7.75. The van der Waals surface area contributed by atoms with Gasteiger partial charge >= 0.3 is 0 Å². The van der Waals surface area contributed by atoms with Gasteiger partial charge in [0, 0.05) is 24.5 Å². The lowest BCUT2D eigenvalue weighted by Gasteiger charge is -2.30. The molecule has 0 bridgehead atoms. The van der Waals surface area contributed by atoms with Crippen LogP contribution >= 0.6 is 0 Å². The van der Waals surface area contributed by atoms with Gasteiger partial charge in [0.25, 0.3) is 0 Å². The third-order valence-electron chi connectivity index (χ3n) is 3.65. The summed E-state index contributed by atoms with van der Waals surface area (Å²) in [6, 6.07) is 5.23. The second-order valence-electron chi connectivity index (χ2n) is 5.10. The van der Waals surface area contributed by atoms with Crippen LogP contribution in [0.15, 0.2) is 24.5 Å². The van der Waals surface area contributed by atoms with Crippen LogP contribution in [0.5, 0.6) is 0 Å². The highest BCUT2D eigenvalue weighted by atomic mass is 14.9. The lowest BCUT2D eigenvalue weighted by Crippen LogP contribution is -2.32. The first-order valence-corrected chi connectivity index (χ1v) is 6.41. The second kappa shape index (κ2) is 5.44. The minimum absolute atomic E-state index is 0.429. The fourth-order valence-corrected chi connectivity index (χ4v) is 2.47. The van der Waals surface area contributed by atoms with E-state index >= 15 is 0 Å². The van der Waals surface area contributed by atoms with E-state index in [0.717, 1.165) is 5.92 Å². The molecule has 1 aliphatic carbocycles. The van der Waals surface area contributed by atoms with Crippen molar-refractivity contribution in [3.05, 3.63) is 30.1 Å². The maximum atomic E-state index is 4.05. The number of nitrogens with one attached hydrogen (secondary N) is 1. The van der Waals surface area contributed by atoms with Crippen LogP contribution in [0.4, 0.5) is 0 Å². The van der Waals surface area contributed by atoms with Gasteiger partial charge in [-0.05, 0) is 43.9 Å². The molecule has 1 aliphatic rings. The number of pyridine rings is 1. The minimum Gasteiger partial charge on any atom is -0.308 e. The Bertz CT molecular complexity index is 306. The molecule has 1 heterocycles. The Morgan fingerprint density at radius 3 is 2.56 bits per heavy atom. The van der Waals surface area contributed by atoms with Gasteiger partial charge in [-0.25, -0.2) is 0 Å². The van der Waals surface area contributed by atoms with Crippen molar-refractivity contribution in [1.29, 1.82) is 0 Å². The summed E-state index contributed by atoms with van der Waals surface area (Å²) in [5, 5.41) is 3.67. The minimum atomic E-state index is 0.429. The summed E-state index contributed by atoms with van der Waals surface area (Å²) in [5.41, 5.74) is 1.33. The Labute approximate surface area is 98.5 Å². The highest BCUT2D eigenvalue weighted by Crippen LogP contribution is 2.30. The highest BCUT2D eigenvalue weighted by molar-refractivity contribution is 5.14. The average Bonchev–Trinajstić information content (AvgIpc) is 2.25. The number of nitrogens with zero attached hydrogens (tertiary/aromatic N) is 1. The topological polar surface area (TPSA) is 24.9 Å². The molecule has 0 amide bonds. The van der Waals surface area contributed by atoms with E-state index in [-0.39, 0.29) is 0 Å². The van der Waals surface area contributed by atoms with Crippen LogP contribution in [-0.2, 0) is 0 Å². The molecule has 88 valence electrons. The quantitative estimate of drug-likeness (QED) is 0.820. The van der Waals surface area contributed by atoms with Crippen LogP contribution in [0.2, 0.25) is 0 Å². The molecular weight excluding hydrogens is 196 g/mol. The zero-order chi connectivity index (χ0) is 11.4. The van der Waals surface area contributed by atoms with Crippen LogP contribution in [0.3, 0.4) is 0 Å². The Kier molecular flexibility index (Phi) is 3.94. The zero-order valence-corrected chi connectivity index (χ0v) is 10.3. The van der Waals surface area contributed by atoms with Crippen molar-refractivity contribution in [2.45, 2.75) is 51.6 Å². The van der Waals surface area contributed by atoms with Crippen LogP contribution in [-0.4, -0.2) is 11.0 Å². The molecule has 1 fully saturated rings. The predicted molar refractivity (Wildman–Crippen MR) is 67.2 cm³/mol. The Morgan fingerprint density at radius 2 is 2.00 bits per heavy atom. The van der Waals surface area contributed by atoms with Gasteiger partial charge in [-0.15, -0.1) is 0 Å². The van der Waals surface area contributed by atoms with E-state index < -0.39 is 0 Å². The number of hydrogen-bond donors (Lipinski definition) is 1. The van der Waals surface area contributed by atoms with E-state index in [2.05, 4.69) is 36.3 Å². The van der Waals surface area contributed by atoms with Gasteiger partial charge in [-0.2, -0.15) is 0 Å². The van der Waals surface area contributed by atoms with E-state index in [1.54, 1.807) is 0 Å². The molecule has 16 heavy (non-hydrogen) atoms.